The van der Waals surface area contributed by atoms with Crippen LogP contribution < -0.4 is 10.2 Å². The van der Waals surface area contributed by atoms with E-state index in [4.69, 9.17) is 11.6 Å². The number of likely N-dealkylation sites (tertiary alicyclic amines) is 1. The molecule has 0 spiro atoms. The van der Waals surface area contributed by atoms with E-state index in [1.54, 1.807) is 0 Å². The minimum atomic E-state index is -0.105. The highest BCUT2D eigenvalue weighted by Gasteiger charge is 2.33. The van der Waals surface area contributed by atoms with E-state index in [9.17, 15) is 4.79 Å². The average molecular weight is 500 g/mol. The van der Waals surface area contributed by atoms with Crippen LogP contribution >= 0.6 is 11.6 Å². The van der Waals surface area contributed by atoms with E-state index in [2.05, 4.69) is 56.7 Å². The topological polar surface area (TPSA) is 51.7 Å². The fourth-order valence-corrected chi connectivity index (χ4v) is 5.46. The predicted octanol–water partition coefficient (Wildman–Crippen LogP) is 4.41. The van der Waals surface area contributed by atoms with E-state index < -0.39 is 0 Å². The van der Waals surface area contributed by atoms with E-state index in [-0.39, 0.29) is 5.91 Å². The summed E-state index contributed by atoms with van der Waals surface area (Å²) >= 11 is 5.83. The number of rotatable bonds is 10. The fourth-order valence-electron chi connectivity index (χ4n) is 5.37. The Morgan fingerprint density at radius 2 is 2.00 bits per heavy atom. The third-order valence-corrected chi connectivity index (χ3v) is 7.33. The van der Waals surface area contributed by atoms with Gasteiger partial charge in [0.1, 0.15) is 5.69 Å². The van der Waals surface area contributed by atoms with Gasteiger partial charge in [0.15, 0.2) is 0 Å². The van der Waals surface area contributed by atoms with Crippen LogP contribution in [0.25, 0.3) is 0 Å². The van der Waals surface area contributed by atoms with Crippen molar-refractivity contribution >= 4 is 23.2 Å². The van der Waals surface area contributed by atoms with Gasteiger partial charge in [0.05, 0.1) is 11.4 Å². The van der Waals surface area contributed by atoms with E-state index in [0.29, 0.717) is 30.2 Å². The highest BCUT2D eigenvalue weighted by Crippen LogP contribution is 2.28. The van der Waals surface area contributed by atoms with Crippen molar-refractivity contribution in [2.75, 3.05) is 56.6 Å². The minimum Gasteiger partial charge on any atom is -0.367 e. The Balaban J connectivity index is 1.58. The number of hydrogen-bond acceptors (Lipinski definition) is 5. The molecule has 0 saturated carbocycles. The van der Waals surface area contributed by atoms with E-state index >= 15 is 0 Å². The number of halogens is 1. The van der Waals surface area contributed by atoms with Crippen molar-refractivity contribution in [1.29, 1.82) is 0 Å². The average Bonchev–Trinajstić information content (AvgIpc) is 2.87. The summed E-state index contributed by atoms with van der Waals surface area (Å²) in [5.74, 6) is 0.432. The maximum atomic E-state index is 12.1. The number of carbonyl (C=O) groups excluding carboxylic acids is 1. The van der Waals surface area contributed by atoms with Gasteiger partial charge in [0, 0.05) is 50.7 Å². The molecule has 6 nitrogen and oxygen atoms in total. The number of anilines is 1. The van der Waals surface area contributed by atoms with Crippen molar-refractivity contribution in [2.45, 2.75) is 52.1 Å². The molecule has 0 unspecified atom stereocenters. The van der Waals surface area contributed by atoms with Crippen LogP contribution in [0.5, 0.6) is 0 Å². The Hall–Kier alpha value is -2.15. The Kier molecular flexibility index (Phi) is 10.8. The standard InChI is InChI=1S/C28H42ClN5O/c1-5-9-23(10-8-15-29)20-32-16-13-25(14-17-32)34-19-18-33(21-24(34)6-2)27-12-11-26(31-22(27)4)28(35)30-7-3/h5,8-12,24-25H,1,6-7,13-21H2,2-4H3,(H,30,35)/b10-8-,23-9+/t24-/m0/s1. The van der Waals surface area contributed by atoms with Gasteiger partial charge in [0.25, 0.3) is 5.91 Å². The molecule has 1 atom stereocenters. The largest absolute Gasteiger partial charge is 0.367 e. The second kappa shape index (κ2) is 13.8. The summed E-state index contributed by atoms with van der Waals surface area (Å²) < 4.78 is 0. The van der Waals surface area contributed by atoms with Crippen LogP contribution in [0.1, 0.15) is 49.3 Å². The highest BCUT2D eigenvalue weighted by molar-refractivity contribution is 6.18. The molecule has 1 amide bonds. The number of aromatic nitrogens is 1. The van der Waals surface area contributed by atoms with Gasteiger partial charge >= 0.3 is 0 Å². The molecule has 7 heteroatoms. The van der Waals surface area contributed by atoms with Crippen LogP contribution in [-0.2, 0) is 0 Å². The van der Waals surface area contributed by atoms with Gasteiger partial charge in [-0.25, -0.2) is 4.98 Å². The number of nitrogens with zero attached hydrogens (tertiary/aromatic N) is 4. The van der Waals surface area contributed by atoms with E-state index in [1.165, 1.54) is 18.4 Å². The van der Waals surface area contributed by atoms with Crippen LogP contribution in [0.2, 0.25) is 0 Å². The number of amides is 1. The SMILES string of the molecule is C=C/C=C(\C=C/CCl)CN1CCC(N2CCN(c3ccc(C(=O)NCC)nc3C)C[C@@H]2CC)CC1. The summed E-state index contributed by atoms with van der Waals surface area (Å²) in [6.07, 6.45) is 11.6. The third kappa shape index (κ3) is 7.42. The van der Waals surface area contributed by atoms with Crippen molar-refractivity contribution < 1.29 is 4.79 Å². The quantitative estimate of drug-likeness (QED) is 0.381. The van der Waals surface area contributed by atoms with Crippen LogP contribution in [0.15, 0.2) is 48.6 Å². The lowest BCUT2D eigenvalue weighted by atomic mass is 9.97. The molecule has 1 N–H and O–H groups in total. The molecule has 2 saturated heterocycles. The maximum Gasteiger partial charge on any atom is 0.269 e. The van der Waals surface area contributed by atoms with Crippen molar-refractivity contribution in [3.63, 3.8) is 0 Å². The summed E-state index contributed by atoms with van der Waals surface area (Å²) in [4.78, 5) is 24.5. The number of carbonyl (C=O) groups is 1. The highest BCUT2D eigenvalue weighted by atomic mass is 35.5. The van der Waals surface area contributed by atoms with Crippen LogP contribution in [-0.4, -0.2) is 84.5 Å². The van der Waals surface area contributed by atoms with Gasteiger partial charge in [-0.2, -0.15) is 0 Å². The number of hydrogen-bond donors (Lipinski definition) is 1. The van der Waals surface area contributed by atoms with Gasteiger partial charge in [-0.3, -0.25) is 14.6 Å². The molecule has 0 aromatic carbocycles. The molecule has 1 aromatic rings. The molecular formula is C28H42ClN5O. The van der Waals surface area contributed by atoms with Crippen LogP contribution in [0.4, 0.5) is 5.69 Å². The Morgan fingerprint density at radius 3 is 2.63 bits per heavy atom. The lowest BCUT2D eigenvalue weighted by Crippen LogP contribution is -2.58. The molecule has 0 bridgehead atoms. The maximum absolute atomic E-state index is 12.1. The number of aryl methyl sites for hydroxylation is 1. The summed E-state index contributed by atoms with van der Waals surface area (Å²) in [6.45, 7) is 17.0. The Labute approximate surface area is 216 Å². The van der Waals surface area contributed by atoms with Gasteiger partial charge in [0.2, 0.25) is 0 Å². The van der Waals surface area contributed by atoms with E-state index in [0.717, 1.165) is 57.1 Å². The van der Waals surface area contributed by atoms with Crippen molar-refractivity contribution in [2.24, 2.45) is 0 Å². The van der Waals surface area contributed by atoms with E-state index in [1.807, 2.05) is 32.1 Å². The van der Waals surface area contributed by atoms with Crippen molar-refractivity contribution in [3.8, 4) is 0 Å². The first kappa shape index (κ1) is 27.4. The number of pyridine rings is 1. The molecule has 35 heavy (non-hydrogen) atoms. The van der Waals surface area contributed by atoms with Crippen LogP contribution in [0, 0.1) is 6.92 Å². The first-order valence-corrected chi connectivity index (χ1v) is 13.6. The molecule has 2 aliphatic rings. The van der Waals surface area contributed by atoms with Gasteiger partial charge in [-0.1, -0.05) is 37.8 Å². The summed E-state index contributed by atoms with van der Waals surface area (Å²) in [5.41, 5.74) is 3.84. The number of nitrogens with one attached hydrogen (secondary N) is 1. The van der Waals surface area contributed by atoms with Gasteiger partial charge in [-0.05, 0) is 63.9 Å². The van der Waals surface area contributed by atoms with Crippen LogP contribution in [0.3, 0.4) is 0 Å². The number of piperidine rings is 1. The summed E-state index contributed by atoms with van der Waals surface area (Å²) in [6, 6.07) is 5.10. The zero-order chi connectivity index (χ0) is 25.2. The normalized spacial score (nSPS) is 21.0. The molecule has 2 fully saturated rings. The lowest BCUT2D eigenvalue weighted by Gasteiger charge is -2.48. The molecule has 192 valence electrons. The first-order valence-electron chi connectivity index (χ1n) is 13.0. The summed E-state index contributed by atoms with van der Waals surface area (Å²) in [5, 5.41) is 2.83. The third-order valence-electron chi connectivity index (χ3n) is 7.15. The molecule has 3 heterocycles. The number of alkyl halides is 1. The molecule has 1 aromatic heterocycles. The summed E-state index contributed by atoms with van der Waals surface area (Å²) in [7, 11) is 0. The molecular weight excluding hydrogens is 458 g/mol. The molecule has 0 aliphatic carbocycles. The number of allylic oxidation sites excluding steroid dienone is 3. The molecule has 0 radical (unpaired) electrons. The smallest absolute Gasteiger partial charge is 0.269 e. The second-order valence-corrected chi connectivity index (χ2v) is 9.76. The predicted molar refractivity (Wildman–Crippen MR) is 148 cm³/mol. The lowest BCUT2D eigenvalue weighted by molar-refractivity contribution is 0.0661. The Bertz CT molecular complexity index is 907. The molecule has 3 rings (SSSR count). The monoisotopic (exact) mass is 499 g/mol. The molecule has 2 aliphatic heterocycles. The fraction of sp³-hybridized carbons (Fsp3) is 0.571. The number of piperazine rings is 1. The van der Waals surface area contributed by atoms with Gasteiger partial charge < -0.3 is 10.2 Å². The van der Waals surface area contributed by atoms with Crippen molar-refractivity contribution in [1.82, 2.24) is 20.1 Å². The Morgan fingerprint density at radius 1 is 1.23 bits per heavy atom. The zero-order valence-corrected chi connectivity index (χ0v) is 22.4. The zero-order valence-electron chi connectivity index (χ0n) is 21.7. The van der Waals surface area contributed by atoms with Crippen molar-refractivity contribution in [3.05, 3.63) is 60.0 Å². The second-order valence-electron chi connectivity index (χ2n) is 9.45. The first-order chi connectivity index (χ1) is 17.0. The minimum absolute atomic E-state index is 0.105. The van der Waals surface area contributed by atoms with Gasteiger partial charge in [-0.15, -0.1) is 11.6 Å².